The van der Waals surface area contributed by atoms with Crippen molar-refractivity contribution in [3.05, 3.63) is 53.2 Å². The van der Waals surface area contributed by atoms with Gasteiger partial charge in [0.2, 0.25) is 5.88 Å². The van der Waals surface area contributed by atoms with E-state index in [0.717, 1.165) is 50.0 Å². The average molecular weight is 390 g/mol. The quantitative estimate of drug-likeness (QED) is 0.691. The summed E-state index contributed by atoms with van der Waals surface area (Å²) < 4.78 is 5.31. The minimum Gasteiger partial charge on any atom is -0.393 e. The van der Waals surface area contributed by atoms with Crippen LogP contribution in [0.1, 0.15) is 61.1 Å². The number of nitrogens with one attached hydrogen (secondary N) is 3. The van der Waals surface area contributed by atoms with Crippen LogP contribution in [0.5, 0.6) is 5.88 Å². The number of nitrogens with zero attached hydrogens (tertiary/aromatic N) is 1. The Balaban J connectivity index is 1.56. The van der Waals surface area contributed by atoms with Crippen LogP contribution in [-0.4, -0.2) is 24.2 Å². The first kappa shape index (κ1) is 19.3. The predicted octanol–water partition coefficient (Wildman–Crippen LogP) is 4.92. The van der Waals surface area contributed by atoms with Crippen molar-refractivity contribution in [2.75, 3.05) is 18.4 Å². The van der Waals surface area contributed by atoms with Crippen LogP contribution in [0.15, 0.2) is 36.5 Å². The van der Waals surface area contributed by atoms with Crippen LogP contribution in [0.2, 0.25) is 0 Å². The third kappa shape index (κ3) is 4.69. The lowest BCUT2D eigenvalue weighted by Crippen LogP contribution is -2.26. The van der Waals surface area contributed by atoms with Crippen LogP contribution in [-0.2, 0) is 0 Å². The Kier molecular flexibility index (Phi) is 5.97. The summed E-state index contributed by atoms with van der Waals surface area (Å²) in [5.74, 6) is 0.812. The van der Waals surface area contributed by atoms with Crippen molar-refractivity contribution in [2.45, 2.75) is 44.4 Å². The van der Waals surface area contributed by atoms with E-state index in [1.165, 1.54) is 36.2 Å². The van der Waals surface area contributed by atoms with Gasteiger partial charge in [0.15, 0.2) is 0 Å². The van der Waals surface area contributed by atoms with Gasteiger partial charge in [-0.3, -0.25) is 5.32 Å². The molecule has 2 aliphatic rings. The number of ether oxygens (including phenoxy) is 1. The Hall–Kier alpha value is -3.04. The van der Waals surface area contributed by atoms with E-state index in [1.807, 2.05) is 12.1 Å². The molecule has 6 nitrogen and oxygen atoms in total. The zero-order valence-corrected chi connectivity index (χ0v) is 16.5. The lowest BCUT2D eigenvalue weighted by atomic mass is 9.86. The number of anilines is 1. The number of nitriles is 1. The van der Waals surface area contributed by atoms with Crippen molar-refractivity contribution in [1.82, 2.24) is 10.3 Å². The molecule has 150 valence electrons. The first-order valence-corrected chi connectivity index (χ1v) is 10.3. The van der Waals surface area contributed by atoms with Gasteiger partial charge in [0.25, 0.3) is 0 Å². The second-order valence-corrected chi connectivity index (χ2v) is 7.68. The molecular weight excluding hydrogens is 364 g/mol. The fraction of sp³-hybridized carbons (Fsp3) is 0.391. The van der Waals surface area contributed by atoms with Crippen LogP contribution in [0.25, 0.3) is 5.57 Å². The Bertz CT molecular complexity index is 948. The van der Waals surface area contributed by atoms with Gasteiger partial charge < -0.3 is 15.0 Å². The molecule has 0 atom stereocenters. The van der Waals surface area contributed by atoms with Crippen LogP contribution in [0.3, 0.4) is 0 Å². The summed E-state index contributed by atoms with van der Waals surface area (Å²) in [6.07, 6.45) is 10.0. The minimum atomic E-state index is -0.566. The van der Waals surface area contributed by atoms with Crippen LogP contribution in [0, 0.1) is 11.3 Å². The molecule has 2 heterocycles. The summed E-state index contributed by atoms with van der Waals surface area (Å²) in [7, 11) is 0. The molecule has 0 spiro atoms. The lowest BCUT2D eigenvalue weighted by Gasteiger charge is -2.25. The molecule has 1 aliphatic carbocycles. The van der Waals surface area contributed by atoms with E-state index in [1.54, 1.807) is 0 Å². The maximum atomic E-state index is 12.4. The molecule has 3 N–H and O–H groups in total. The van der Waals surface area contributed by atoms with Gasteiger partial charge in [0, 0.05) is 17.8 Å². The number of hydrogen-bond acceptors (Lipinski definition) is 4. The first-order chi connectivity index (χ1) is 14.2. The average Bonchev–Trinajstić information content (AvgIpc) is 3.22. The molecule has 0 bridgehead atoms. The van der Waals surface area contributed by atoms with Crippen LogP contribution in [0.4, 0.5) is 10.5 Å². The smallest absolute Gasteiger partial charge is 0.393 e. The van der Waals surface area contributed by atoms with E-state index in [0.29, 0.717) is 11.5 Å². The highest BCUT2D eigenvalue weighted by molar-refractivity contribution is 5.91. The molecule has 2 aromatic rings. The Morgan fingerprint density at radius 2 is 2.07 bits per heavy atom. The Morgan fingerprint density at radius 1 is 1.21 bits per heavy atom. The molecule has 0 unspecified atom stereocenters. The van der Waals surface area contributed by atoms with Crippen LogP contribution >= 0.6 is 0 Å². The number of carbonyl (C=O) groups excluding carboxylic acids is 1. The fourth-order valence-electron chi connectivity index (χ4n) is 4.16. The molecule has 1 saturated heterocycles. The molecule has 1 aliphatic heterocycles. The normalized spacial score (nSPS) is 17.3. The summed E-state index contributed by atoms with van der Waals surface area (Å²) in [6.45, 7) is 2.10. The summed E-state index contributed by atoms with van der Waals surface area (Å²) in [4.78, 5) is 15.2. The predicted molar refractivity (Wildman–Crippen MR) is 113 cm³/mol. The third-order valence-electron chi connectivity index (χ3n) is 5.72. The van der Waals surface area contributed by atoms with Gasteiger partial charge in [0.05, 0.1) is 11.3 Å². The van der Waals surface area contributed by atoms with E-state index in [2.05, 4.69) is 33.8 Å². The van der Waals surface area contributed by atoms with E-state index in [-0.39, 0.29) is 5.88 Å². The summed E-state index contributed by atoms with van der Waals surface area (Å²) >= 11 is 0. The van der Waals surface area contributed by atoms with Crippen molar-refractivity contribution < 1.29 is 9.53 Å². The minimum absolute atomic E-state index is 0.254. The maximum Gasteiger partial charge on any atom is 0.418 e. The van der Waals surface area contributed by atoms with E-state index < -0.39 is 6.09 Å². The highest BCUT2D eigenvalue weighted by Gasteiger charge is 2.19. The highest BCUT2D eigenvalue weighted by Crippen LogP contribution is 2.35. The third-order valence-corrected chi connectivity index (χ3v) is 5.72. The molecule has 4 rings (SSSR count). The van der Waals surface area contributed by atoms with Gasteiger partial charge in [-0.25, -0.2) is 4.79 Å². The van der Waals surface area contributed by atoms with Gasteiger partial charge >= 0.3 is 6.09 Å². The second-order valence-electron chi connectivity index (χ2n) is 7.68. The molecule has 1 amide bonds. The summed E-state index contributed by atoms with van der Waals surface area (Å²) in [5, 5.41) is 15.2. The van der Waals surface area contributed by atoms with E-state index in [4.69, 9.17) is 10.00 Å². The molecule has 1 aromatic carbocycles. The molecule has 1 fully saturated rings. The summed E-state index contributed by atoms with van der Waals surface area (Å²) in [6, 6.07) is 9.89. The van der Waals surface area contributed by atoms with Crippen LogP contribution < -0.4 is 15.4 Å². The molecule has 1 aromatic heterocycles. The zero-order valence-electron chi connectivity index (χ0n) is 16.5. The van der Waals surface area contributed by atoms with Crippen molar-refractivity contribution in [2.24, 2.45) is 0 Å². The highest BCUT2D eigenvalue weighted by atomic mass is 16.6. The first-order valence-electron chi connectivity index (χ1n) is 10.3. The number of carbonyl (C=O) groups is 1. The molecule has 29 heavy (non-hydrogen) atoms. The fourth-order valence-corrected chi connectivity index (χ4v) is 4.16. The summed E-state index contributed by atoms with van der Waals surface area (Å²) in [5.41, 5.74) is 4.94. The monoisotopic (exact) mass is 390 g/mol. The number of benzene rings is 1. The van der Waals surface area contributed by atoms with Gasteiger partial charge in [-0.15, -0.1) is 0 Å². The molecule has 0 saturated carbocycles. The largest absolute Gasteiger partial charge is 0.418 e. The second kappa shape index (κ2) is 8.97. The molecular formula is C23H26N4O2. The number of H-pyrrole nitrogens is 1. The number of aromatic amines is 1. The number of hydrogen-bond donors (Lipinski definition) is 3. The van der Waals surface area contributed by atoms with Gasteiger partial charge in [-0.2, -0.15) is 5.26 Å². The van der Waals surface area contributed by atoms with Crippen molar-refractivity contribution in [3.63, 3.8) is 0 Å². The lowest BCUT2D eigenvalue weighted by molar-refractivity contribution is 0.213. The Labute approximate surface area is 171 Å². The van der Waals surface area contributed by atoms with Crippen molar-refractivity contribution in [3.8, 4) is 11.9 Å². The van der Waals surface area contributed by atoms with Crippen molar-refractivity contribution in [1.29, 1.82) is 5.26 Å². The van der Waals surface area contributed by atoms with Gasteiger partial charge in [0.1, 0.15) is 6.07 Å². The number of amides is 1. The van der Waals surface area contributed by atoms with E-state index >= 15 is 0 Å². The maximum absolute atomic E-state index is 12.4. The SMILES string of the molecule is N#Cc1c[nH]c(OC(=O)Nc2ccc(C3CCNCC3)cc2C2=CCCCC2)c1. The zero-order chi connectivity index (χ0) is 20.1. The van der Waals surface area contributed by atoms with Gasteiger partial charge in [-0.05, 0) is 80.8 Å². The molecule has 6 heteroatoms. The standard InChI is InChI=1S/C23H26N4O2/c24-14-16-12-22(26-15-16)29-23(28)27-21-7-6-19(17-8-10-25-11-9-17)13-20(21)18-4-2-1-3-5-18/h4,6-7,12-13,15,17,25-26H,1-3,5,8-11H2,(H,27,28). The van der Waals surface area contributed by atoms with Crippen molar-refractivity contribution >= 4 is 17.4 Å². The molecule has 0 radical (unpaired) electrons. The number of rotatable bonds is 4. The number of piperidine rings is 1. The Morgan fingerprint density at radius 3 is 2.79 bits per heavy atom. The van der Waals surface area contributed by atoms with Gasteiger partial charge in [-0.1, -0.05) is 12.1 Å². The van der Waals surface area contributed by atoms with E-state index in [9.17, 15) is 4.79 Å². The topological polar surface area (TPSA) is 89.9 Å². The number of allylic oxidation sites excluding steroid dienone is 2. The number of aromatic nitrogens is 1.